The van der Waals surface area contributed by atoms with Gasteiger partial charge in [-0.25, -0.2) is 0 Å². The van der Waals surface area contributed by atoms with Crippen molar-refractivity contribution in [2.45, 2.75) is 32.4 Å². The highest BCUT2D eigenvalue weighted by molar-refractivity contribution is 5.95. The van der Waals surface area contributed by atoms with Crippen molar-refractivity contribution in [1.29, 1.82) is 0 Å². The maximum atomic E-state index is 13.0. The Hall–Kier alpha value is -2.50. The molecule has 23 heavy (non-hydrogen) atoms. The third kappa shape index (κ3) is 2.34. The van der Waals surface area contributed by atoms with Crippen molar-refractivity contribution in [3.63, 3.8) is 0 Å². The molecule has 0 spiro atoms. The van der Waals surface area contributed by atoms with Gasteiger partial charge in [-0.05, 0) is 44.0 Å². The van der Waals surface area contributed by atoms with Gasteiger partial charge in [0.05, 0.1) is 11.7 Å². The molecule has 0 N–H and O–H groups in total. The second kappa shape index (κ2) is 5.61. The van der Waals surface area contributed by atoms with Crippen LogP contribution in [0.3, 0.4) is 0 Å². The third-order valence-corrected chi connectivity index (χ3v) is 4.52. The predicted molar refractivity (Wildman–Crippen MR) is 83.5 cm³/mol. The summed E-state index contributed by atoms with van der Waals surface area (Å²) in [5.41, 5.74) is 1.75. The van der Waals surface area contributed by atoms with Gasteiger partial charge in [-0.2, -0.15) is 5.10 Å². The predicted octanol–water partition coefficient (Wildman–Crippen LogP) is 2.61. The SMILES string of the molecule is CCn1nccc1[C@H]1CCCN1C(=O)c1ccc2c(c1)OCO2. The second-order valence-electron chi connectivity index (χ2n) is 5.80. The fourth-order valence-corrected chi connectivity index (χ4v) is 3.40. The first-order valence-electron chi connectivity index (χ1n) is 8.00. The summed E-state index contributed by atoms with van der Waals surface area (Å²) in [5, 5.41) is 4.34. The number of rotatable bonds is 3. The molecule has 3 heterocycles. The Morgan fingerprint density at radius 2 is 2.17 bits per heavy atom. The summed E-state index contributed by atoms with van der Waals surface area (Å²) in [4.78, 5) is 14.9. The number of aromatic nitrogens is 2. The summed E-state index contributed by atoms with van der Waals surface area (Å²) in [7, 11) is 0. The minimum absolute atomic E-state index is 0.0367. The minimum Gasteiger partial charge on any atom is -0.454 e. The van der Waals surface area contributed by atoms with Crippen molar-refractivity contribution in [3.05, 3.63) is 41.7 Å². The first-order chi connectivity index (χ1) is 11.3. The van der Waals surface area contributed by atoms with Gasteiger partial charge in [0, 0.05) is 24.8 Å². The maximum absolute atomic E-state index is 13.0. The van der Waals surface area contributed by atoms with Gasteiger partial charge in [0.25, 0.3) is 5.91 Å². The lowest BCUT2D eigenvalue weighted by Gasteiger charge is -2.25. The number of carbonyl (C=O) groups is 1. The molecule has 120 valence electrons. The van der Waals surface area contributed by atoms with Gasteiger partial charge < -0.3 is 14.4 Å². The zero-order valence-corrected chi connectivity index (χ0v) is 13.1. The van der Waals surface area contributed by atoms with Crippen molar-refractivity contribution in [3.8, 4) is 11.5 Å². The van der Waals surface area contributed by atoms with E-state index in [2.05, 4.69) is 12.0 Å². The highest BCUT2D eigenvalue weighted by Gasteiger charge is 2.33. The number of amides is 1. The standard InChI is InChI=1S/C17H19N3O3/c1-2-20-14(7-8-18-20)13-4-3-9-19(13)17(21)12-5-6-15-16(10-12)23-11-22-15/h5-8,10,13H,2-4,9,11H2,1H3/t13-/m1/s1. The zero-order chi connectivity index (χ0) is 15.8. The second-order valence-corrected chi connectivity index (χ2v) is 5.80. The Bertz CT molecular complexity index is 740. The molecule has 1 atom stereocenters. The van der Waals surface area contributed by atoms with Gasteiger partial charge in [0.1, 0.15) is 0 Å². The molecule has 1 fully saturated rings. The van der Waals surface area contributed by atoms with Gasteiger partial charge in [0.15, 0.2) is 11.5 Å². The fraction of sp³-hybridized carbons (Fsp3) is 0.412. The minimum atomic E-state index is 0.0367. The van der Waals surface area contributed by atoms with Crippen LogP contribution in [-0.4, -0.2) is 33.9 Å². The van der Waals surface area contributed by atoms with Crippen LogP contribution in [0.15, 0.2) is 30.5 Å². The van der Waals surface area contributed by atoms with Gasteiger partial charge in [-0.3, -0.25) is 9.48 Å². The Morgan fingerprint density at radius 1 is 1.30 bits per heavy atom. The molecule has 2 aliphatic heterocycles. The lowest BCUT2D eigenvalue weighted by molar-refractivity contribution is 0.0729. The summed E-state index contributed by atoms with van der Waals surface area (Å²) < 4.78 is 12.7. The fourth-order valence-electron chi connectivity index (χ4n) is 3.40. The first-order valence-corrected chi connectivity index (χ1v) is 8.00. The quantitative estimate of drug-likeness (QED) is 0.874. The Labute approximate surface area is 134 Å². The number of nitrogens with zero attached hydrogens (tertiary/aromatic N) is 3. The number of benzene rings is 1. The lowest BCUT2D eigenvalue weighted by Crippen LogP contribution is -2.31. The van der Waals surface area contributed by atoms with Crippen molar-refractivity contribution in [1.82, 2.24) is 14.7 Å². The van der Waals surface area contributed by atoms with Crippen molar-refractivity contribution in [2.24, 2.45) is 0 Å². The van der Waals surface area contributed by atoms with E-state index in [0.717, 1.165) is 31.6 Å². The average Bonchev–Trinajstić information content (AvgIpc) is 3.30. The van der Waals surface area contributed by atoms with Crippen LogP contribution in [0.2, 0.25) is 0 Å². The smallest absolute Gasteiger partial charge is 0.254 e. The van der Waals surface area contributed by atoms with E-state index in [1.54, 1.807) is 18.3 Å². The summed E-state index contributed by atoms with van der Waals surface area (Å²) >= 11 is 0. The zero-order valence-electron chi connectivity index (χ0n) is 13.1. The third-order valence-electron chi connectivity index (χ3n) is 4.52. The Morgan fingerprint density at radius 3 is 3.04 bits per heavy atom. The van der Waals surface area contributed by atoms with E-state index in [1.165, 1.54) is 0 Å². The number of hydrogen-bond donors (Lipinski definition) is 0. The van der Waals surface area contributed by atoms with Crippen LogP contribution in [0, 0.1) is 0 Å². The number of fused-ring (bicyclic) bond motifs is 1. The van der Waals surface area contributed by atoms with Crippen LogP contribution in [-0.2, 0) is 6.54 Å². The molecule has 1 aromatic carbocycles. The molecule has 0 aliphatic carbocycles. The summed E-state index contributed by atoms with van der Waals surface area (Å²) in [6.45, 7) is 3.86. The van der Waals surface area contributed by atoms with Crippen LogP contribution in [0.4, 0.5) is 0 Å². The Kier molecular flexibility index (Phi) is 3.44. The number of aryl methyl sites for hydroxylation is 1. The van der Waals surface area contributed by atoms with Crippen molar-refractivity contribution in [2.75, 3.05) is 13.3 Å². The highest BCUT2D eigenvalue weighted by Crippen LogP contribution is 2.36. The van der Waals surface area contributed by atoms with E-state index >= 15 is 0 Å². The largest absolute Gasteiger partial charge is 0.454 e. The summed E-state index contributed by atoms with van der Waals surface area (Å²) in [6, 6.07) is 7.49. The molecular formula is C17H19N3O3. The van der Waals surface area contributed by atoms with Gasteiger partial charge >= 0.3 is 0 Å². The van der Waals surface area contributed by atoms with E-state index in [9.17, 15) is 4.79 Å². The topological polar surface area (TPSA) is 56.6 Å². The van der Waals surface area contributed by atoms with Crippen LogP contribution < -0.4 is 9.47 Å². The van der Waals surface area contributed by atoms with Crippen LogP contribution >= 0.6 is 0 Å². The number of hydrogen-bond acceptors (Lipinski definition) is 4. The van der Waals surface area contributed by atoms with Crippen molar-refractivity contribution >= 4 is 5.91 Å². The number of ether oxygens (including phenoxy) is 2. The molecule has 2 aromatic rings. The highest BCUT2D eigenvalue weighted by atomic mass is 16.7. The molecule has 0 bridgehead atoms. The number of likely N-dealkylation sites (tertiary alicyclic amines) is 1. The molecule has 1 aromatic heterocycles. The molecule has 0 saturated carbocycles. The van der Waals surface area contributed by atoms with Gasteiger partial charge in [0.2, 0.25) is 6.79 Å². The number of carbonyl (C=O) groups excluding carboxylic acids is 1. The normalized spacial score (nSPS) is 19.3. The molecule has 4 rings (SSSR count). The molecule has 0 radical (unpaired) electrons. The summed E-state index contributed by atoms with van der Waals surface area (Å²) in [5.74, 6) is 1.38. The van der Waals surface area contributed by atoms with Crippen molar-refractivity contribution < 1.29 is 14.3 Å². The van der Waals surface area contributed by atoms with E-state index in [1.807, 2.05) is 21.7 Å². The van der Waals surface area contributed by atoms with E-state index < -0.39 is 0 Å². The average molecular weight is 313 g/mol. The first kappa shape index (κ1) is 14.1. The van der Waals surface area contributed by atoms with E-state index in [4.69, 9.17) is 9.47 Å². The molecule has 6 nitrogen and oxygen atoms in total. The van der Waals surface area contributed by atoms with Crippen LogP contribution in [0.25, 0.3) is 0 Å². The Balaban J connectivity index is 1.62. The monoisotopic (exact) mass is 313 g/mol. The molecule has 1 amide bonds. The maximum Gasteiger partial charge on any atom is 0.254 e. The van der Waals surface area contributed by atoms with Gasteiger partial charge in [-0.1, -0.05) is 0 Å². The summed E-state index contributed by atoms with van der Waals surface area (Å²) in [6.07, 6.45) is 3.79. The van der Waals surface area contributed by atoms with Crippen LogP contribution in [0.1, 0.15) is 41.9 Å². The molecule has 1 saturated heterocycles. The molecule has 0 unspecified atom stereocenters. The molecule has 2 aliphatic rings. The molecular weight excluding hydrogens is 294 g/mol. The lowest BCUT2D eigenvalue weighted by atomic mass is 10.1. The van der Waals surface area contributed by atoms with Crippen LogP contribution in [0.5, 0.6) is 11.5 Å². The van der Waals surface area contributed by atoms with Gasteiger partial charge in [-0.15, -0.1) is 0 Å². The molecule has 6 heteroatoms. The van der Waals surface area contributed by atoms with E-state index in [0.29, 0.717) is 17.1 Å². The van der Waals surface area contributed by atoms with E-state index in [-0.39, 0.29) is 18.7 Å².